The van der Waals surface area contributed by atoms with Crippen LogP contribution in [0.25, 0.3) is 10.9 Å². The second-order valence-electron chi connectivity index (χ2n) is 5.29. The van der Waals surface area contributed by atoms with E-state index in [1.807, 2.05) is 24.3 Å². The number of nitrogens with one attached hydrogen (secondary N) is 2. The van der Waals surface area contributed by atoms with Crippen LogP contribution in [0.2, 0.25) is 0 Å². The number of benzene rings is 1. The Bertz CT molecular complexity index is 615. The molecule has 20 heavy (non-hydrogen) atoms. The van der Waals surface area contributed by atoms with E-state index in [9.17, 15) is 4.79 Å². The lowest BCUT2D eigenvalue weighted by atomic mass is 10.0. The van der Waals surface area contributed by atoms with Gasteiger partial charge in [0.15, 0.2) is 0 Å². The second kappa shape index (κ2) is 5.54. The SMILES string of the molecule is Nc1cccc2cc(C(=O)NCC3CCCOC3)[nH]c12. The van der Waals surface area contributed by atoms with E-state index in [2.05, 4.69) is 10.3 Å². The van der Waals surface area contributed by atoms with Crippen molar-refractivity contribution in [2.75, 3.05) is 25.5 Å². The van der Waals surface area contributed by atoms with E-state index in [4.69, 9.17) is 10.5 Å². The summed E-state index contributed by atoms with van der Waals surface area (Å²) in [6.07, 6.45) is 2.18. The van der Waals surface area contributed by atoms with Gasteiger partial charge < -0.3 is 20.8 Å². The van der Waals surface area contributed by atoms with E-state index in [1.54, 1.807) is 0 Å². The summed E-state index contributed by atoms with van der Waals surface area (Å²) in [6.45, 7) is 2.23. The average molecular weight is 273 g/mol. The lowest BCUT2D eigenvalue weighted by Crippen LogP contribution is -2.33. The molecule has 5 heteroatoms. The van der Waals surface area contributed by atoms with Crippen molar-refractivity contribution in [2.24, 2.45) is 5.92 Å². The lowest BCUT2D eigenvalue weighted by molar-refractivity contribution is 0.0536. The molecule has 2 aromatic rings. The monoisotopic (exact) mass is 273 g/mol. The first-order valence-corrected chi connectivity index (χ1v) is 6.97. The standard InChI is InChI=1S/C15H19N3O2/c16-12-5-1-4-11-7-13(18-14(11)12)15(19)17-8-10-3-2-6-20-9-10/h1,4-5,7,10,18H,2-3,6,8-9,16H2,(H,17,19). The number of carbonyl (C=O) groups is 1. The number of H-pyrrole nitrogens is 1. The molecule has 2 heterocycles. The highest BCUT2D eigenvalue weighted by molar-refractivity contribution is 6.00. The lowest BCUT2D eigenvalue weighted by Gasteiger charge is -2.21. The molecule has 1 aliphatic rings. The summed E-state index contributed by atoms with van der Waals surface area (Å²) in [4.78, 5) is 15.2. The maximum Gasteiger partial charge on any atom is 0.267 e. The summed E-state index contributed by atoms with van der Waals surface area (Å²) >= 11 is 0. The molecule has 0 bridgehead atoms. The summed E-state index contributed by atoms with van der Waals surface area (Å²) in [6, 6.07) is 7.47. The van der Waals surface area contributed by atoms with Crippen molar-refractivity contribution in [1.29, 1.82) is 0 Å². The molecule has 3 rings (SSSR count). The number of aromatic nitrogens is 1. The number of carbonyl (C=O) groups excluding carboxylic acids is 1. The second-order valence-corrected chi connectivity index (χ2v) is 5.29. The smallest absolute Gasteiger partial charge is 0.267 e. The van der Waals surface area contributed by atoms with Gasteiger partial charge in [-0.15, -0.1) is 0 Å². The number of nitrogens with two attached hydrogens (primary N) is 1. The van der Waals surface area contributed by atoms with E-state index in [0.29, 0.717) is 23.8 Å². The van der Waals surface area contributed by atoms with Gasteiger partial charge in [0, 0.05) is 18.5 Å². The normalized spacial score (nSPS) is 19.1. The molecule has 1 amide bonds. The average Bonchev–Trinajstić information content (AvgIpc) is 2.91. The number of ether oxygens (including phenoxy) is 1. The van der Waals surface area contributed by atoms with Crippen LogP contribution in [0.4, 0.5) is 5.69 Å². The zero-order valence-electron chi connectivity index (χ0n) is 11.3. The first kappa shape index (κ1) is 13.0. The molecule has 0 radical (unpaired) electrons. The molecule has 1 aromatic heterocycles. The van der Waals surface area contributed by atoms with Crippen LogP contribution in [-0.2, 0) is 4.74 Å². The molecule has 1 aliphatic heterocycles. The van der Waals surface area contributed by atoms with E-state index in [0.717, 1.165) is 37.0 Å². The molecular formula is C15H19N3O2. The zero-order valence-corrected chi connectivity index (χ0v) is 11.3. The maximum atomic E-state index is 12.1. The Hall–Kier alpha value is -2.01. The number of aromatic amines is 1. The van der Waals surface area contributed by atoms with Crippen LogP contribution in [0, 0.1) is 5.92 Å². The van der Waals surface area contributed by atoms with Gasteiger partial charge in [-0.1, -0.05) is 12.1 Å². The fraction of sp³-hybridized carbons (Fsp3) is 0.400. The maximum absolute atomic E-state index is 12.1. The van der Waals surface area contributed by atoms with Crippen LogP contribution in [0.5, 0.6) is 0 Å². The minimum Gasteiger partial charge on any atom is -0.397 e. The molecule has 0 aliphatic carbocycles. The van der Waals surface area contributed by atoms with Gasteiger partial charge in [0.05, 0.1) is 17.8 Å². The van der Waals surface area contributed by atoms with Gasteiger partial charge in [-0.05, 0) is 30.9 Å². The third-order valence-corrected chi connectivity index (χ3v) is 3.74. The number of anilines is 1. The Morgan fingerprint density at radius 3 is 3.15 bits per heavy atom. The van der Waals surface area contributed by atoms with Gasteiger partial charge in [-0.2, -0.15) is 0 Å². The summed E-state index contributed by atoms with van der Waals surface area (Å²) in [5.41, 5.74) is 7.90. The highest BCUT2D eigenvalue weighted by Crippen LogP contribution is 2.21. The molecule has 1 atom stereocenters. The number of rotatable bonds is 3. The van der Waals surface area contributed by atoms with Gasteiger partial charge in [0.2, 0.25) is 0 Å². The molecule has 1 fully saturated rings. The van der Waals surface area contributed by atoms with Crippen LogP contribution in [0.3, 0.4) is 0 Å². The van der Waals surface area contributed by atoms with Crippen molar-refractivity contribution >= 4 is 22.5 Å². The van der Waals surface area contributed by atoms with Crippen LogP contribution in [0.15, 0.2) is 24.3 Å². The van der Waals surface area contributed by atoms with Crippen LogP contribution >= 0.6 is 0 Å². The minimum absolute atomic E-state index is 0.0915. The Labute approximate surface area is 117 Å². The number of para-hydroxylation sites is 1. The quantitative estimate of drug-likeness (QED) is 0.747. The summed E-state index contributed by atoms with van der Waals surface area (Å²) < 4.78 is 5.41. The summed E-state index contributed by atoms with van der Waals surface area (Å²) in [5, 5.41) is 3.91. The largest absolute Gasteiger partial charge is 0.397 e. The molecule has 1 aromatic carbocycles. The third-order valence-electron chi connectivity index (χ3n) is 3.74. The van der Waals surface area contributed by atoms with Crippen molar-refractivity contribution in [3.05, 3.63) is 30.0 Å². The van der Waals surface area contributed by atoms with Gasteiger partial charge in [-0.3, -0.25) is 4.79 Å². The number of hydrogen-bond acceptors (Lipinski definition) is 3. The number of fused-ring (bicyclic) bond motifs is 1. The molecule has 1 unspecified atom stereocenters. The molecule has 0 spiro atoms. The van der Waals surface area contributed by atoms with Crippen molar-refractivity contribution in [2.45, 2.75) is 12.8 Å². The Balaban J connectivity index is 1.67. The zero-order chi connectivity index (χ0) is 13.9. The first-order chi connectivity index (χ1) is 9.74. The first-order valence-electron chi connectivity index (χ1n) is 6.97. The van der Waals surface area contributed by atoms with Gasteiger partial charge in [0.1, 0.15) is 5.69 Å². The number of hydrogen-bond donors (Lipinski definition) is 3. The molecule has 4 N–H and O–H groups in total. The van der Waals surface area contributed by atoms with E-state index in [-0.39, 0.29) is 5.91 Å². The number of nitrogen functional groups attached to an aromatic ring is 1. The highest BCUT2D eigenvalue weighted by atomic mass is 16.5. The highest BCUT2D eigenvalue weighted by Gasteiger charge is 2.16. The van der Waals surface area contributed by atoms with Gasteiger partial charge in [0.25, 0.3) is 5.91 Å². The molecule has 5 nitrogen and oxygen atoms in total. The van der Waals surface area contributed by atoms with E-state index in [1.165, 1.54) is 0 Å². The van der Waals surface area contributed by atoms with Crippen molar-refractivity contribution in [1.82, 2.24) is 10.3 Å². The number of amides is 1. The van der Waals surface area contributed by atoms with E-state index >= 15 is 0 Å². The van der Waals surface area contributed by atoms with Crippen LogP contribution in [-0.4, -0.2) is 30.6 Å². The van der Waals surface area contributed by atoms with Crippen molar-refractivity contribution < 1.29 is 9.53 Å². The Kier molecular flexibility index (Phi) is 3.60. The van der Waals surface area contributed by atoms with Gasteiger partial charge in [-0.25, -0.2) is 0 Å². The van der Waals surface area contributed by atoms with Crippen LogP contribution in [0.1, 0.15) is 23.3 Å². The fourth-order valence-electron chi connectivity index (χ4n) is 2.60. The summed E-state index contributed by atoms with van der Waals surface area (Å²) in [7, 11) is 0. The van der Waals surface area contributed by atoms with Crippen LogP contribution < -0.4 is 11.1 Å². The summed E-state index contributed by atoms with van der Waals surface area (Å²) in [5.74, 6) is 0.327. The van der Waals surface area contributed by atoms with Crippen molar-refractivity contribution in [3.8, 4) is 0 Å². The van der Waals surface area contributed by atoms with Crippen molar-refractivity contribution in [3.63, 3.8) is 0 Å². The molecule has 1 saturated heterocycles. The third kappa shape index (κ3) is 2.63. The Morgan fingerprint density at radius 1 is 1.50 bits per heavy atom. The predicted octanol–water partition coefficient (Wildman–Crippen LogP) is 1.91. The Morgan fingerprint density at radius 2 is 2.40 bits per heavy atom. The topological polar surface area (TPSA) is 80.1 Å². The molecular weight excluding hydrogens is 254 g/mol. The minimum atomic E-state index is -0.0915. The molecule has 106 valence electrons. The predicted molar refractivity (Wildman–Crippen MR) is 78.6 cm³/mol. The van der Waals surface area contributed by atoms with Gasteiger partial charge >= 0.3 is 0 Å². The molecule has 0 saturated carbocycles. The fourth-order valence-corrected chi connectivity index (χ4v) is 2.60. The van der Waals surface area contributed by atoms with E-state index < -0.39 is 0 Å².